The van der Waals surface area contributed by atoms with Gasteiger partial charge in [0.1, 0.15) is 5.75 Å². The van der Waals surface area contributed by atoms with Crippen LogP contribution in [-0.4, -0.2) is 19.2 Å². The van der Waals surface area contributed by atoms with Gasteiger partial charge in [0.2, 0.25) is 0 Å². The third-order valence-corrected chi connectivity index (χ3v) is 2.34. The molecule has 88 valence electrons. The van der Waals surface area contributed by atoms with Crippen LogP contribution in [0.25, 0.3) is 0 Å². The average Bonchev–Trinajstić information content (AvgIpc) is 2.19. The Hall–Kier alpha value is -1.24. The van der Waals surface area contributed by atoms with Crippen LogP contribution in [0.15, 0.2) is 22.7 Å². The molecule has 0 atom stereocenters. The third kappa shape index (κ3) is 3.13. The quantitative estimate of drug-likeness (QED) is 0.911. The Morgan fingerprint density at radius 3 is 2.50 bits per heavy atom. The van der Waals surface area contributed by atoms with Crippen molar-refractivity contribution in [3.05, 3.63) is 22.7 Å². The van der Waals surface area contributed by atoms with E-state index in [4.69, 9.17) is 4.74 Å². The Kier molecular flexibility index (Phi) is 3.79. The molecule has 0 saturated heterocycles. The Balaban J connectivity index is 2.87. The summed E-state index contributed by atoms with van der Waals surface area (Å²) >= 11 is 3.02. The molecule has 0 bridgehead atoms. The minimum Gasteiger partial charge on any atom is -0.497 e. The van der Waals surface area contributed by atoms with Crippen molar-refractivity contribution >= 4 is 27.5 Å². The van der Waals surface area contributed by atoms with Crippen LogP contribution < -0.4 is 10.1 Å². The number of alkyl halides is 3. The number of carbonyl (C=O) groups excluding carboxylic acids is 1. The molecule has 1 aromatic carbocycles. The lowest BCUT2D eigenvalue weighted by atomic mass is 10.3. The monoisotopic (exact) mass is 297 g/mol. The highest BCUT2D eigenvalue weighted by Crippen LogP contribution is 2.28. The predicted molar refractivity (Wildman–Crippen MR) is 55.4 cm³/mol. The van der Waals surface area contributed by atoms with Crippen molar-refractivity contribution in [2.45, 2.75) is 6.18 Å². The van der Waals surface area contributed by atoms with Gasteiger partial charge in [-0.15, -0.1) is 0 Å². The second kappa shape index (κ2) is 4.73. The zero-order valence-electron chi connectivity index (χ0n) is 8.06. The Bertz CT molecular complexity index is 406. The summed E-state index contributed by atoms with van der Waals surface area (Å²) < 4.78 is 41.0. The lowest BCUT2D eigenvalue weighted by molar-refractivity contribution is -0.167. The molecule has 0 unspecified atom stereocenters. The number of hydrogen-bond donors (Lipinski definition) is 1. The molecule has 1 aromatic rings. The van der Waals surface area contributed by atoms with Crippen LogP contribution in [0.1, 0.15) is 0 Å². The normalized spacial score (nSPS) is 11.1. The minimum atomic E-state index is -4.90. The summed E-state index contributed by atoms with van der Waals surface area (Å²) in [6.45, 7) is 0. The van der Waals surface area contributed by atoms with E-state index in [9.17, 15) is 18.0 Å². The maximum absolute atomic E-state index is 12.0. The number of anilines is 1. The molecule has 1 N–H and O–H groups in total. The molecular formula is C9H7BrF3NO2. The van der Waals surface area contributed by atoms with Crippen LogP contribution in [0, 0.1) is 0 Å². The average molecular weight is 298 g/mol. The molecule has 0 aliphatic rings. The number of nitrogens with one attached hydrogen (secondary N) is 1. The van der Waals surface area contributed by atoms with Gasteiger partial charge in [-0.1, -0.05) is 0 Å². The molecule has 0 aliphatic heterocycles. The van der Waals surface area contributed by atoms with Crippen LogP contribution >= 0.6 is 15.9 Å². The minimum absolute atomic E-state index is 0.0307. The maximum atomic E-state index is 12.0. The van der Waals surface area contributed by atoms with Crippen molar-refractivity contribution < 1.29 is 22.7 Å². The highest BCUT2D eigenvalue weighted by Gasteiger charge is 2.38. The van der Waals surface area contributed by atoms with Crippen LogP contribution in [0.3, 0.4) is 0 Å². The van der Waals surface area contributed by atoms with E-state index in [2.05, 4.69) is 15.9 Å². The summed E-state index contributed by atoms with van der Waals surface area (Å²) in [7, 11) is 1.43. The molecule has 0 radical (unpaired) electrons. The SMILES string of the molecule is COc1ccc(NC(=O)C(F)(F)F)c(Br)c1. The topological polar surface area (TPSA) is 38.3 Å². The smallest absolute Gasteiger partial charge is 0.471 e. The second-order valence-electron chi connectivity index (χ2n) is 2.80. The van der Waals surface area contributed by atoms with Gasteiger partial charge in [-0.25, -0.2) is 0 Å². The highest BCUT2D eigenvalue weighted by atomic mass is 79.9. The molecule has 16 heavy (non-hydrogen) atoms. The Labute approximate surface area is 97.7 Å². The van der Waals surface area contributed by atoms with E-state index in [1.807, 2.05) is 0 Å². The van der Waals surface area contributed by atoms with Crippen LogP contribution in [0.2, 0.25) is 0 Å². The standard InChI is InChI=1S/C9H7BrF3NO2/c1-16-5-2-3-7(6(10)4-5)14-8(15)9(11,12)13/h2-4H,1H3,(H,14,15). The van der Waals surface area contributed by atoms with E-state index in [0.717, 1.165) is 0 Å². The summed E-state index contributed by atoms with van der Waals surface area (Å²) in [6, 6.07) is 4.20. The van der Waals surface area contributed by atoms with Gasteiger partial charge in [0.25, 0.3) is 0 Å². The van der Waals surface area contributed by atoms with Crippen molar-refractivity contribution in [1.82, 2.24) is 0 Å². The lowest BCUT2D eigenvalue weighted by Crippen LogP contribution is -2.30. The van der Waals surface area contributed by atoms with Crippen molar-refractivity contribution in [2.24, 2.45) is 0 Å². The van der Waals surface area contributed by atoms with E-state index in [1.54, 1.807) is 5.32 Å². The Morgan fingerprint density at radius 2 is 2.06 bits per heavy atom. The zero-order chi connectivity index (χ0) is 12.3. The fourth-order valence-electron chi connectivity index (χ4n) is 0.917. The van der Waals surface area contributed by atoms with Gasteiger partial charge in [-0.2, -0.15) is 13.2 Å². The largest absolute Gasteiger partial charge is 0.497 e. The van der Waals surface area contributed by atoms with Crippen LogP contribution in [0.5, 0.6) is 5.75 Å². The van der Waals surface area contributed by atoms with Gasteiger partial charge >= 0.3 is 12.1 Å². The third-order valence-electron chi connectivity index (χ3n) is 1.68. The first kappa shape index (κ1) is 12.8. The molecule has 1 amide bonds. The molecule has 0 aliphatic carbocycles. The second-order valence-corrected chi connectivity index (χ2v) is 3.65. The van der Waals surface area contributed by atoms with E-state index in [0.29, 0.717) is 10.2 Å². The van der Waals surface area contributed by atoms with Crippen molar-refractivity contribution in [3.8, 4) is 5.75 Å². The number of amides is 1. The van der Waals surface area contributed by atoms with Crippen molar-refractivity contribution in [2.75, 3.05) is 12.4 Å². The van der Waals surface area contributed by atoms with Crippen LogP contribution in [0.4, 0.5) is 18.9 Å². The molecule has 1 rings (SSSR count). The number of hydrogen-bond acceptors (Lipinski definition) is 2. The number of halogens is 4. The zero-order valence-corrected chi connectivity index (χ0v) is 9.65. The fourth-order valence-corrected chi connectivity index (χ4v) is 1.37. The highest BCUT2D eigenvalue weighted by molar-refractivity contribution is 9.10. The first-order chi connectivity index (χ1) is 7.34. The molecular weight excluding hydrogens is 291 g/mol. The Morgan fingerprint density at radius 1 is 1.44 bits per heavy atom. The fraction of sp³-hybridized carbons (Fsp3) is 0.222. The molecule has 3 nitrogen and oxygen atoms in total. The van der Waals surface area contributed by atoms with E-state index in [1.165, 1.54) is 25.3 Å². The van der Waals surface area contributed by atoms with E-state index < -0.39 is 12.1 Å². The van der Waals surface area contributed by atoms with Crippen molar-refractivity contribution in [1.29, 1.82) is 0 Å². The maximum Gasteiger partial charge on any atom is 0.471 e. The lowest BCUT2D eigenvalue weighted by Gasteiger charge is -2.10. The van der Waals surface area contributed by atoms with Gasteiger partial charge in [-0.05, 0) is 34.1 Å². The van der Waals surface area contributed by atoms with Crippen molar-refractivity contribution in [3.63, 3.8) is 0 Å². The summed E-state index contributed by atoms with van der Waals surface area (Å²) in [5.74, 6) is -1.55. The number of methoxy groups -OCH3 is 1. The van der Waals surface area contributed by atoms with Gasteiger partial charge in [-0.3, -0.25) is 4.79 Å². The number of rotatable bonds is 2. The number of ether oxygens (including phenoxy) is 1. The summed E-state index contributed by atoms with van der Waals surface area (Å²) in [6.07, 6.45) is -4.90. The van der Waals surface area contributed by atoms with Gasteiger partial charge in [0.15, 0.2) is 0 Å². The van der Waals surface area contributed by atoms with Crippen LogP contribution in [-0.2, 0) is 4.79 Å². The van der Waals surface area contributed by atoms with Gasteiger partial charge in [0.05, 0.1) is 12.8 Å². The molecule has 7 heteroatoms. The first-order valence-electron chi connectivity index (χ1n) is 4.06. The van der Waals surface area contributed by atoms with Gasteiger partial charge < -0.3 is 10.1 Å². The summed E-state index contributed by atoms with van der Waals surface area (Å²) in [5, 5.41) is 1.74. The van der Waals surface area contributed by atoms with Gasteiger partial charge in [0, 0.05) is 4.47 Å². The first-order valence-corrected chi connectivity index (χ1v) is 4.85. The summed E-state index contributed by atoms with van der Waals surface area (Å²) in [4.78, 5) is 10.7. The molecule has 0 aromatic heterocycles. The van der Waals surface area contributed by atoms with E-state index >= 15 is 0 Å². The van der Waals surface area contributed by atoms with E-state index in [-0.39, 0.29) is 5.69 Å². The molecule has 0 heterocycles. The number of carbonyl (C=O) groups is 1. The number of benzene rings is 1. The molecule has 0 spiro atoms. The molecule has 0 fully saturated rings. The predicted octanol–water partition coefficient (Wildman–Crippen LogP) is 2.96. The molecule has 0 saturated carbocycles. The summed E-state index contributed by atoms with van der Waals surface area (Å²) in [5.41, 5.74) is 0.0307.